The van der Waals surface area contributed by atoms with Crippen molar-refractivity contribution in [1.82, 2.24) is 35.0 Å². The summed E-state index contributed by atoms with van der Waals surface area (Å²) in [6, 6.07) is 17.9. The molecule has 13 heteroatoms. The van der Waals surface area contributed by atoms with Crippen molar-refractivity contribution in [3.63, 3.8) is 0 Å². The Morgan fingerprint density at radius 2 is 1.85 bits per heavy atom. The molecule has 5 heterocycles. The van der Waals surface area contributed by atoms with E-state index in [2.05, 4.69) is 66.5 Å². The van der Waals surface area contributed by atoms with Crippen molar-refractivity contribution in [2.45, 2.75) is 58.8 Å². The van der Waals surface area contributed by atoms with E-state index >= 15 is 0 Å². The minimum atomic E-state index is -0.0241. The highest BCUT2D eigenvalue weighted by Crippen LogP contribution is 2.35. The topological polar surface area (TPSA) is 139 Å². The maximum absolute atomic E-state index is 12.6. The van der Waals surface area contributed by atoms with Gasteiger partial charge < -0.3 is 25.1 Å². The molecule has 2 aromatic carbocycles. The van der Waals surface area contributed by atoms with Crippen molar-refractivity contribution in [3.05, 3.63) is 89.9 Å². The highest BCUT2D eigenvalue weighted by Gasteiger charge is 2.27. The predicted octanol–water partition coefficient (Wildman–Crippen LogP) is 5.30. The van der Waals surface area contributed by atoms with Gasteiger partial charge in [0.15, 0.2) is 5.82 Å². The molecule has 0 radical (unpaired) electrons. The zero-order chi connectivity index (χ0) is 37.0. The van der Waals surface area contributed by atoms with E-state index < -0.39 is 0 Å². The van der Waals surface area contributed by atoms with Crippen molar-refractivity contribution in [3.8, 4) is 17.3 Å². The van der Waals surface area contributed by atoms with Crippen molar-refractivity contribution < 1.29 is 19.1 Å². The number of nitrogens with one attached hydrogen (secondary N) is 3. The summed E-state index contributed by atoms with van der Waals surface area (Å²) in [5.74, 6) is 1.56. The Labute approximate surface area is 306 Å². The second kappa shape index (κ2) is 18.4. The number of ether oxygens (including phenoxy) is 2. The van der Waals surface area contributed by atoms with E-state index in [1.165, 1.54) is 11.1 Å². The number of pyridine rings is 1. The van der Waals surface area contributed by atoms with Crippen molar-refractivity contribution in [2.75, 3.05) is 50.6 Å². The molecular weight excluding hydrogens is 658 g/mol. The van der Waals surface area contributed by atoms with E-state index in [0.29, 0.717) is 25.4 Å². The lowest BCUT2D eigenvalue weighted by atomic mass is 9.98. The number of carbonyl (C=O) groups excluding carboxylic acids is 2. The third kappa shape index (κ3) is 9.81. The van der Waals surface area contributed by atoms with Gasteiger partial charge in [0.1, 0.15) is 6.33 Å². The molecule has 1 fully saturated rings. The van der Waals surface area contributed by atoms with Crippen LogP contribution in [0.15, 0.2) is 73.2 Å². The van der Waals surface area contributed by atoms with E-state index in [1.54, 1.807) is 24.3 Å². The van der Waals surface area contributed by atoms with Crippen molar-refractivity contribution in [1.29, 1.82) is 0 Å². The molecule has 3 aliphatic rings. The van der Waals surface area contributed by atoms with Gasteiger partial charge in [0.05, 0.1) is 30.5 Å². The number of amides is 2. The quantitative estimate of drug-likeness (QED) is 0.186. The van der Waals surface area contributed by atoms with Crippen LogP contribution in [-0.4, -0.2) is 93.9 Å². The molecule has 3 aliphatic heterocycles. The van der Waals surface area contributed by atoms with Crippen LogP contribution in [0.4, 0.5) is 11.4 Å². The predicted molar refractivity (Wildman–Crippen MR) is 204 cm³/mol. The van der Waals surface area contributed by atoms with E-state index in [1.807, 2.05) is 70.0 Å². The van der Waals surface area contributed by atoms with Crippen LogP contribution < -0.4 is 20.9 Å². The van der Waals surface area contributed by atoms with Crippen LogP contribution in [0.2, 0.25) is 0 Å². The monoisotopic (exact) mass is 709 g/mol. The van der Waals surface area contributed by atoms with Gasteiger partial charge in [-0.1, -0.05) is 50.3 Å². The normalized spacial score (nSPS) is 17.9. The van der Waals surface area contributed by atoms with Crippen LogP contribution in [0.5, 0.6) is 5.88 Å². The molecule has 1 unspecified atom stereocenters. The number of carbonyl (C=O) groups is 2. The summed E-state index contributed by atoms with van der Waals surface area (Å²) < 4.78 is 12.6. The van der Waals surface area contributed by atoms with Crippen LogP contribution in [0.3, 0.4) is 0 Å². The number of hydrogen-bond donors (Lipinski definition) is 3. The van der Waals surface area contributed by atoms with Gasteiger partial charge in [-0.2, -0.15) is 5.10 Å². The van der Waals surface area contributed by atoms with Crippen LogP contribution in [0, 0.1) is 0 Å². The number of hydrazine groups is 1. The lowest BCUT2D eigenvalue weighted by molar-refractivity contribution is -0.131. The Bertz CT molecular complexity index is 1790. The van der Waals surface area contributed by atoms with Crippen molar-refractivity contribution >= 4 is 29.3 Å². The van der Waals surface area contributed by atoms with Gasteiger partial charge in [-0.05, 0) is 61.6 Å². The first-order valence-electron chi connectivity index (χ1n) is 18.0. The number of methoxy groups -OCH3 is 1. The zero-order valence-corrected chi connectivity index (χ0v) is 31.0. The largest absolute Gasteiger partial charge is 0.475 e. The molecule has 0 bridgehead atoms. The van der Waals surface area contributed by atoms with E-state index in [-0.39, 0.29) is 24.2 Å². The summed E-state index contributed by atoms with van der Waals surface area (Å²) in [5, 5.41) is 7.01. The smallest absolute Gasteiger partial charge is 0.237 e. The van der Waals surface area contributed by atoms with Gasteiger partial charge in [0.25, 0.3) is 0 Å². The highest BCUT2D eigenvalue weighted by molar-refractivity contribution is 5.80. The average Bonchev–Trinajstić information content (AvgIpc) is 3.93. The number of rotatable bonds is 10. The first kappa shape index (κ1) is 38.1. The lowest BCUT2D eigenvalue weighted by Crippen LogP contribution is -2.41. The molecule has 3 N–H and O–H groups in total. The summed E-state index contributed by atoms with van der Waals surface area (Å²) in [6.45, 7) is 11.7. The molecule has 7 rings (SSSR count). The molecule has 0 spiro atoms. The molecule has 276 valence electrons. The van der Waals surface area contributed by atoms with E-state index in [4.69, 9.17) is 9.47 Å². The van der Waals surface area contributed by atoms with Crippen LogP contribution >= 0.6 is 0 Å². The number of fused-ring (bicyclic) bond motifs is 1. The zero-order valence-electron chi connectivity index (χ0n) is 31.0. The third-order valence-electron chi connectivity index (χ3n) is 8.98. The number of benzene rings is 2. The molecule has 13 nitrogen and oxygen atoms in total. The number of likely N-dealkylation sites (tertiary alicyclic amines) is 1. The van der Waals surface area contributed by atoms with E-state index in [0.717, 1.165) is 66.4 Å². The molecule has 1 saturated heterocycles. The standard InChI is InChI=1S/C21H27N5O2.C16H18N4O2.C2H6/c1-24-15-22-21(23-24)18-5-3-16(4-6-18)17-7-11-26(12-8-17)20(27)14-25-10-9-19(13-25)28-2;1-10(2)22-15-6-3-11(8-17-15)16-13-7-12(18-9-21)4-5-14(13)19-20-16;1-2/h3-7,15,19H,8-14H2,1-2H3;3-10,16,19-20H,1-2H3,(H,18,21);1-2H3/t19-;;/m0../s1. The fourth-order valence-electron chi connectivity index (χ4n) is 6.32. The highest BCUT2D eigenvalue weighted by atomic mass is 16.5. The molecule has 0 saturated carbocycles. The first-order valence-corrected chi connectivity index (χ1v) is 18.0. The van der Waals surface area contributed by atoms with Crippen molar-refractivity contribution in [2.24, 2.45) is 7.05 Å². The molecule has 2 aromatic heterocycles. The summed E-state index contributed by atoms with van der Waals surface area (Å²) in [5.41, 5.74) is 13.7. The summed E-state index contributed by atoms with van der Waals surface area (Å²) >= 11 is 0. The average molecular weight is 710 g/mol. The number of aromatic nitrogens is 4. The number of anilines is 2. The van der Waals surface area contributed by atoms with Gasteiger partial charge in [-0.15, -0.1) is 0 Å². The summed E-state index contributed by atoms with van der Waals surface area (Å²) in [4.78, 5) is 36.0. The van der Waals surface area contributed by atoms with Crippen LogP contribution in [0.1, 0.15) is 63.3 Å². The lowest BCUT2D eigenvalue weighted by Gasteiger charge is -2.28. The minimum absolute atomic E-state index is 0.0241. The molecular formula is C39H51N9O4. The number of hydrogen-bond acceptors (Lipinski definition) is 10. The fourth-order valence-corrected chi connectivity index (χ4v) is 6.32. The van der Waals surface area contributed by atoms with Gasteiger partial charge >= 0.3 is 0 Å². The van der Waals surface area contributed by atoms with Gasteiger partial charge in [0.2, 0.25) is 18.2 Å². The van der Waals surface area contributed by atoms with Gasteiger partial charge in [-0.25, -0.2) is 15.4 Å². The van der Waals surface area contributed by atoms with Gasteiger partial charge in [0, 0.05) is 69.4 Å². The minimum Gasteiger partial charge on any atom is -0.475 e. The van der Waals surface area contributed by atoms with E-state index in [9.17, 15) is 9.59 Å². The second-order valence-electron chi connectivity index (χ2n) is 12.9. The van der Waals surface area contributed by atoms with Crippen LogP contribution in [0.25, 0.3) is 17.0 Å². The third-order valence-corrected chi connectivity index (χ3v) is 8.98. The summed E-state index contributed by atoms with van der Waals surface area (Å²) in [7, 11) is 3.61. The molecule has 2 amide bonds. The Morgan fingerprint density at radius 1 is 1.06 bits per heavy atom. The number of nitrogens with zero attached hydrogens (tertiary/aromatic N) is 6. The maximum Gasteiger partial charge on any atom is 0.237 e. The Kier molecular flexibility index (Phi) is 13.5. The number of aryl methyl sites for hydroxylation is 1. The molecule has 4 aromatic rings. The molecule has 2 atom stereocenters. The Balaban J connectivity index is 0.000000197. The molecule has 0 aliphatic carbocycles. The maximum atomic E-state index is 12.6. The fraction of sp³-hybridized carbons (Fsp3) is 0.410. The molecule has 52 heavy (non-hydrogen) atoms. The second-order valence-corrected chi connectivity index (χ2v) is 12.9. The summed E-state index contributed by atoms with van der Waals surface area (Å²) in [6.07, 6.45) is 8.61. The Morgan fingerprint density at radius 3 is 2.46 bits per heavy atom. The SMILES string of the molecule is CC.CC(C)Oc1ccc(C2NNc3ccc(NC=O)cc32)cn1.CO[C@H]1CCN(CC(=O)N2CC=C(c3ccc(-c4ncn(C)n4)cc3)CC2)C1. The Hall–Kier alpha value is -5.11. The first-order chi connectivity index (χ1) is 25.3. The van der Waals surface area contributed by atoms with Crippen LogP contribution in [-0.2, 0) is 21.4 Å². The van der Waals surface area contributed by atoms with Gasteiger partial charge in [-0.3, -0.25) is 19.2 Å².